The molecule has 14 heteroatoms. The average molecular weight is 907 g/mol. The SMILES string of the molecule is CCCCCCCCc1ccc(C(=O)CCCC(=O)C[C@@H](CCN)C(=O)N[C@H](C(=O)C[C@@H](C)C(=O)N[C@@H](CCCCN)C(=O)C[C@@H](C)B2OC3C[C@@H]4C[C@@H](C4(C)C)[C@]3(C)O2)[C@@H](C)O)cc1. The Morgan fingerprint density at radius 1 is 0.785 bits per heavy atom. The molecule has 65 heavy (non-hydrogen) atoms. The van der Waals surface area contributed by atoms with Crippen molar-refractivity contribution in [2.24, 2.45) is 40.6 Å². The molecule has 1 unspecified atom stereocenters. The van der Waals surface area contributed by atoms with E-state index in [1.807, 2.05) is 31.2 Å². The molecular weight excluding hydrogens is 823 g/mol. The van der Waals surface area contributed by atoms with E-state index >= 15 is 0 Å². The van der Waals surface area contributed by atoms with Crippen molar-refractivity contribution in [3.63, 3.8) is 0 Å². The molecule has 4 aliphatic rings. The molecule has 1 aliphatic heterocycles. The lowest BCUT2D eigenvalue weighted by atomic mass is 9.43. The number of aryl methyl sites for hydroxylation is 1. The van der Waals surface area contributed by atoms with Gasteiger partial charge in [0.25, 0.3) is 0 Å². The molecule has 364 valence electrons. The predicted molar refractivity (Wildman–Crippen MR) is 255 cm³/mol. The Kier molecular flexibility index (Phi) is 21.5. The molecule has 3 aliphatic carbocycles. The van der Waals surface area contributed by atoms with Gasteiger partial charge in [-0.2, -0.15) is 0 Å². The summed E-state index contributed by atoms with van der Waals surface area (Å²) in [5.41, 5.74) is 13.2. The zero-order valence-electron chi connectivity index (χ0n) is 40.8. The van der Waals surface area contributed by atoms with Crippen molar-refractivity contribution >= 4 is 42.1 Å². The van der Waals surface area contributed by atoms with Crippen molar-refractivity contribution in [1.82, 2.24) is 10.6 Å². The van der Waals surface area contributed by atoms with Crippen molar-refractivity contribution in [2.75, 3.05) is 13.1 Å². The van der Waals surface area contributed by atoms with Gasteiger partial charge in [0.1, 0.15) is 11.8 Å². The number of benzene rings is 1. The van der Waals surface area contributed by atoms with Gasteiger partial charge in [-0.1, -0.05) is 91.0 Å². The molecular formula is C51H83BN4O9. The van der Waals surface area contributed by atoms with E-state index in [4.69, 9.17) is 20.8 Å². The number of amides is 2. The summed E-state index contributed by atoms with van der Waals surface area (Å²) in [5, 5.41) is 16.1. The summed E-state index contributed by atoms with van der Waals surface area (Å²) in [4.78, 5) is 80.5. The van der Waals surface area contributed by atoms with Crippen molar-refractivity contribution in [1.29, 1.82) is 0 Å². The van der Waals surface area contributed by atoms with Crippen LogP contribution in [0.4, 0.5) is 0 Å². The van der Waals surface area contributed by atoms with Gasteiger partial charge in [-0.05, 0) is 113 Å². The molecule has 1 heterocycles. The van der Waals surface area contributed by atoms with Gasteiger partial charge in [0, 0.05) is 49.5 Å². The van der Waals surface area contributed by atoms with Crippen LogP contribution in [0.2, 0.25) is 5.82 Å². The van der Waals surface area contributed by atoms with Crippen LogP contribution >= 0.6 is 0 Å². The fourth-order valence-electron chi connectivity index (χ4n) is 10.5. The Hall–Kier alpha value is -3.30. The number of Topliss-reactive ketones (excluding diaryl/α,β-unsaturated/α-hetero) is 4. The zero-order valence-corrected chi connectivity index (χ0v) is 40.8. The van der Waals surface area contributed by atoms with Gasteiger partial charge in [-0.15, -0.1) is 0 Å². The number of aliphatic hydroxyl groups excluding tert-OH is 1. The maximum absolute atomic E-state index is 13.8. The summed E-state index contributed by atoms with van der Waals surface area (Å²) in [6.45, 7) is 14.4. The van der Waals surface area contributed by atoms with Crippen LogP contribution in [0, 0.1) is 29.1 Å². The van der Waals surface area contributed by atoms with Crippen LogP contribution in [0.15, 0.2) is 24.3 Å². The van der Waals surface area contributed by atoms with Crippen LogP contribution in [0.25, 0.3) is 0 Å². The minimum atomic E-state index is -1.33. The predicted octanol–water partition coefficient (Wildman–Crippen LogP) is 7.02. The standard InChI is InChI=1S/C51H83BN4O9/c1-8-9-10-11-12-13-17-36-21-23-37(24-22-36)42(59)20-16-18-40(58)30-38(25-27-54)49(63)56-47(35(4)57)44(61)28-33(2)48(62)55-41(19-14-15-26-53)43(60)29-34(3)52-64-46-32-39-31-45(50(39,5)6)51(46,7)65-52/h21-24,33-35,38-39,41,45-47,57H,8-20,25-32,53-54H2,1-7H3,(H,55,62)(H,56,63)/t33-,34-,35-,38-,39+,41+,45+,46?,47+,51+/m1/s1. The minimum absolute atomic E-state index is 0.00790. The number of nitrogens with one attached hydrogen (secondary N) is 2. The first kappa shape index (κ1) is 54.3. The second-order valence-electron chi connectivity index (χ2n) is 20.6. The molecule has 7 N–H and O–H groups in total. The molecule has 10 atom stereocenters. The fraction of sp³-hybridized carbons (Fsp3) is 0.765. The van der Waals surface area contributed by atoms with Crippen LogP contribution in [0.5, 0.6) is 0 Å². The molecule has 4 fully saturated rings. The third kappa shape index (κ3) is 15.1. The van der Waals surface area contributed by atoms with Gasteiger partial charge in [0.15, 0.2) is 17.3 Å². The Morgan fingerprint density at radius 3 is 2.12 bits per heavy atom. The minimum Gasteiger partial charge on any atom is -0.405 e. The van der Waals surface area contributed by atoms with E-state index in [9.17, 15) is 33.9 Å². The average Bonchev–Trinajstić information content (AvgIpc) is 3.63. The molecule has 2 amide bonds. The van der Waals surface area contributed by atoms with Crippen LogP contribution < -0.4 is 22.1 Å². The first-order valence-corrected chi connectivity index (χ1v) is 25.1. The summed E-state index contributed by atoms with van der Waals surface area (Å²) in [6.07, 6.45) is 11.4. The monoisotopic (exact) mass is 907 g/mol. The molecule has 1 saturated heterocycles. The summed E-state index contributed by atoms with van der Waals surface area (Å²) < 4.78 is 13.1. The first-order chi connectivity index (χ1) is 30.9. The third-order valence-electron chi connectivity index (χ3n) is 15.0. The quantitative estimate of drug-likeness (QED) is 0.0281. The van der Waals surface area contributed by atoms with Gasteiger partial charge >= 0.3 is 7.12 Å². The lowest BCUT2D eigenvalue weighted by molar-refractivity contribution is -0.199. The Labute approximate surface area is 389 Å². The fourth-order valence-corrected chi connectivity index (χ4v) is 10.5. The largest absolute Gasteiger partial charge is 0.461 e. The van der Waals surface area contributed by atoms with Crippen molar-refractivity contribution in [3.05, 3.63) is 35.4 Å². The van der Waals surface area contributed by atoms with Crippen LogP contribution in [0.3, 0.4) is 0 Å². The molecule has 2 bridgehead atoms. The molecule has 0 spiro atoms. The number of hydrogen-bond donors (Lipinski definition) is 5. The van der Waals surface area contributed by atoms with E-state index in [1.54, 1.807) is 6.92 Å². The second kappa shape index (κ2) is 25.7. The number of carbonyl (C=O) groups excluding carboxylic acids is 6. The van der Waals surface area contributed by atoms with Gasteiger partial charge in [0.05, 0.1) is 23.9 Å². The summed E-state index contributed by atoms with van der Waals surface area (Å²) in [6, 6.07) is 5.57. The van der Waals surface area contributed by atoms with E-state index in [2.05, 4.69) is 38.3 Å². The van der Waals surface area contributed by atoms with Gasteiger partial charge in [0.2, 0.25) is 11.8 Å². The number of rotatable bonds is 32. The van der Waals surface area contributed by atoms with Gasteiger partial charge in [-0.25, -0.2) is 0 Å². The highest BCUT2D eigenvalue weighted by molar-refractivity contribution is 6.47. The molecule has 5 rings (SSSR count). The number of carbonyl (C=O) groups is 6. The maximum Gasteiger partial charge on any atom is 0.461 e. The highest BCUT2D eigenvalue weighted by atomic mass is 16.7. The molecule has 3 saturated carbocycles. The molecule has 0 aromatic heterocycles. The summed E-state index contributed by atoms with van der Waals surface area (Å²) >= 11 is 0. The molecule has 13 nitrogen and oxygen atoms in total. The van der Waals surface area contributed by atoms with Crippen molar-refractivity contribution in [3.8, 4) is 0 Å². The highest BCUT2D eigenvalue weighted by Crippen LogP contribution is 2.66. The lowest BCUT2D eigenvalue weighted by Gasteiger charge is -2.64. The second-order valence-corrected chi connectivity index (χ2v) is 20.6. The number of nitrogens with two attached hydrogens (primary N) is 2. The lowest BCUT2D eigenvalue weighted by Crippen LogP contribution is -2.65. The molecule has 1 aromatic carbocycles. The highest BCUT2D eigenvalue weighted by Gasteiger charge is 2.68. The normalized spacial score (nSPS) is 23.5. The van der Waals surface area contributed by atoms with E-state index in [0.29, 0.717) is 49.6 Å². The van der Waals surface area contributed by atoms with Crippen LogP contribution in [-0.2, 0) is 39.7 Å². The molecule has 0 radical (unpaired) electrons. The number of hydrogen-bond acceptors (Lipinski definition) is 11. The first-order valence-electron chi connectivity index (χ1n) is 25.1. The molecule has 1 aromatic rings. The van der Waals surface area contributed by atoms with Crippen molar-refractivity contribution < 1.29 is 43.2 Å². The Morgan fingerprint density at radius 2 is 1.48 bits per heavy atom. The van der Waals surface area contributed by atoms with Crippen molar-refractivity contribution in [2.45, 2.75) is 206 Å². The van der Waals surface area contributed by atoms with Crippen LogP contribution in [-0.4, -0.2) is 90.2 Å². The summed E-state index contributed by atoms with van der Waals surface area (Å²) in [7, 11) is -0.528. The number of unbranched alkanes of at least 4 members (excludes halogenated alkanes) is 6. The smallest absolute Gasteiger partial charge is 0.405 e. The van der Waals surface area contributed by atoms with E-state index in [-0.39, 0.29) is 79.8 Å². The van der Waals surface area contributed by atoms with Crippen LogP contribution in [0.1, 0.15) is 180 Å². The number of aliphatic hydroxyl groups is 1. The van der Waals surface area contributed by atoms with E-state index < -0.39 is 60.3 Å². The maximum atomic E-state index is 13.8. The topological polar surface area (TPSA) is 217 Å². The van der Waals surface area contributed by atoms with E-state index in [0.717, 1.165) is 25.7 Å². The number of ketones is 4. The third-order valence-corrected chi connectivity index (χ3v) is 15.0. The van der Waals surface area contributed by atoms with E-state index in [1.165, 1.54) is 44.6 Å². The Balaban J connectivity index is 1.24. The van der Waals surface area contributed by atoms with Gasteiger partial charge in [-0.3, -0.25) is 28.8 Å². The Bertz CT molecular complexity index is 1740. The zero-order chi connectivity index (χ0) is 47.9. The van der Waals surface area contributed by atoms with Gasteiger partial charge < -0.3 is 36.5 Å². The summed E-state index contributed by atoms with van der Waals surface area (Å²) in [5.74, 6) is -3.02.